The molecule has 7 nitrogen and oxygen atoms in total. The predicted octanol–water partition coefficient (Wildman–Crippen LogP) is 2.19. The zero-order valence-electron chi connectivity index (χ0n) is 12.6. The maximum absolute atomic E-state index is 10.9. The molecule has 7 heteroatoms. The Labute approximate surface area is 124 Å². The van der Waals surface area contributed by atoms with E-state index < -0.39 is 10.5 Å². The molecule has 0 fully saturated rings. The van der Waals surface area contributed by atoms with Gasteiger partial charge in [-0.15, -0.1) is 0 Å². The van der Waals surface area contributed by atoms with Crippen molar-refractivity contribution in [3.05, 3.63) is 28.3 Å². The van der Waals surface area contributed by atoms with E-state index in [1.165, 1.54) is 12.1 Å². The molecule has 0 aliphatic rings. The molecule has 1 aromatic carbocycles. The summed E-state index contributed by atoms with van der Waals surface area (Å²) in [4.78, 5) is 10.4. The van der Waals surface area contributed by atoms with Crippen LogP contribution >= 0.6 is 0 Å². The second-order valence-electron chi connectivity index (χ2n) is 5.00. The van der Waals surface area contributed by atoms with Crippen LogP contribution in [0.15, 0.2) is 18.2 Å². The number of nitrogens with one attached hydrogen (secondary N) is 1. The lowest BCUT2D eigenvalue weighted by Gasteiger charge is -2.24. The van der Waals surface area contributed by atoms with Crippen molar-refractivity contribution in [3.63, 3.8) is 0 Å². The minimum atomic E-state index is -0.966. The van der Waals surface area contributed by atoms with Crippen molar-refractivity contribution in [2.75, 3.05) is 32.2 Å². The van der Waals surface area contributed by atoms with E-state index in [9.17, 15) is 15.2 Å². The Balaban J connectivity index is 2.79. The van der Waals surface area contributed by atoms with Crippen LogP contribution in [0.5, 0.6) is 5.75 Å². The van der Waals surface area contributed by atoms with Gasteiger partial charge < -0.3 is 19.9 Å². The van der Waals surface area contributed by atoms with Gasteiger partial charge in [-0.25, -0.2) is 0 Å². The fourth-order valence-corrected chi connectivity index (χ4v) is 1.74. The van der Waals surface area contributed by atoms with E-state index in [2.05, 4.69) is 5.32 Å². The molecule has 0 aliphatic heterocycles. The van der Waals surface area contributed by atoms with Gasteiger partial charge in [-0.1, -0.05) is 0 Å². The number of nitro benzene ring substituents is 1. The molecule has 0 aromatic heterocycles. The first-order chi connectivity index (χ1) is 9.88. The Morgan fingerprint density at radius 3 is 2.71 bits per heavy atom. The highest BCUT2D eigenvalue weighted by atomic mass is 16.6. The summed E-state index contributed by atoms with van der Waals surface area (Å²) in [5.41, 5.74) is -0.489. The van der Waals surface area contributed by atoms with Crippen LogP contribution < -0.4 is 10.1 Å². The van der Waals surface area contributed by atoms with Crippen LogP contribution in [0.3, 0.4) is 0 Å². The Kier molecular flexibility index (Phi) is 6.39. The number of anilines is 1. The van der Waals surface area contributed by atoms with Crippen LogP contribution in [0.2, 0.25) is 0 Å². The molecule has 0 aliphatic carbocycles. The molecule has 0 heterocycles. The van der Waals surface area contributed by atoms with Crippen LogP contribution in [-0.4, -0.2) is 42.5 Å². The van der Waals surface area contributed by atoms with Gasteiger partial charge in [0, 0.05) is 44.5 Å². The first-order valence-corrected chi connectivity index (χ1v) is 6.75. The number of aliphatic hydroxyl groups is 1. The van der Waals surface area contributed by atoms with E-state index in [0.717, 1.165) is 0 Å². The van der Waals surface area contributed by atoms with Crippen LogP contribution in [0.4, 0.5) is 11.4 Å². The van der Waals surface area contributed by atoms with E-state index in [1.54, 1.807) is 20.1 Å². The number of nitro groups is 1. The Morgan fingerprint density at radius 1 is 1.43 bits per heavy atom. The Morgan fingerprint density at radius 2 is 2.14 bits per heavy atom. The van der Waals surface area contributed by atoms with Crippen LogP contribution in [-0.2, 0) is 4.74 Å². The molecule has 118 valence electrons. The first kappa shape index (κ1) is 17.2. The topological polar surface area (TPSA) is 93.9 Å². The maximum atomic E-state index is 10.9. The molecule has 1 aromatic rings. The van der Waals surface area contributed by atoms with Crippen molar-refractivity contribution in [1.82, 2.24) is 0 Å². The smallest absolute Gasteiger partial charge is 0.275 e. The molecule has 21 heavy (non-hydrogen) atoms. The third-order valence-corrected chi connectivity index (χ3v) is 2.93. The molecule has 1 rings (SSSR count). The Hall–Kier alpha value is -1.86. The molecule has 0 spiro atoms. The second kappa shape index (κ2) is 7.80. The minimum Gasteiger partial charge on any atom is -0.494 e. The zero-order valence-corrected chi connectivity index (χ0v) is 12.6. The highest BCUT2D eigenvalue weighted by molar-refractivity contribution is 5.56. The van der Waals surface area contributed by atoms with Gasteiger partial charge >= 0.3 is 0 Å². The average Bonchev–Trinajstić information content (AvgIpc) is 2.43. The summed E-state index contributed by atoms with van der Waals surface area (Å²) in [6.45, 7) is 4.60. The van der Waals surface area contributed by atoms with Crippen LogP contribution in [0.25, 0.3) is 0 Å². The number of ether oxygens (including phenoxy) is 2. The summed E-state index contributed by atoms with van der Waals surface area (Å²) >= 11 is 0. The van der Waals surface area contributed by atoms with Gasteiger partial charge in [-0.05, 0) is 13.8 Å². The van der Waals surface area contributed by atoms with E-state index in [0.29, 0.717) is 31.1 Å². The number of non-ortho nitro benzene ring substituents is 1. The first-order valence-electron chi connectivity index (χ1n) is 6.75. The normalized spacial score (nSPS) is 13.5. The summed E-state index contributed by atoms with van der Waals surface area (Å²) < 4.78 is 10.2. The van der Waals surface area contributed by atoms with Crippen LogP contribution in [0, 0.1) is 10.1 Å². The Bertz CT molecular complexity index is 476. The van der Waals surface area contributed by atoms with Gasteiger partial charge in [0.05, 0.1) is 23.2 Å². The fourth-order valence-electron chi connectivity index (χ4n) is 1.74. The highest BCUT2D eigenvalue weighted by Crippen LogP contribution is 2.26. The molecule has 0 radical (unpaired) electrons. The van der Waals surface area contributed by atoms with E-state index in [4.69, 9.17) is 9.47 Å². The monoisotopic (exact) mass is 298 g/mol. The largest absolute Gasteiger partial charge is 0.494 e. The summed E-state index contributed by atoms with van der Waals surface area (Å²) in [5.74, 6) is 0.422. The van der Waals surface area contributed by atoms with Crippen molar-refractivity contribution in [3.8, 4) is 5.75 Å². The summed E-state index contributed by atoms with van der Waals surface area (Å²) in [6, 6.07) is 4.45. The van der Waals surface area contributed by atoms with Gasteiger partial charge in [-0.3, -0.25) is 10.1 Å². The van der Waals surface area contributed by atoms with Crippen molar-refractivity contribution in [1.29, 1.82) is 0 Å². The van der Waals surface area contributed by atoms with E-state index in [1.807, 2.05) is 6.92 Å². The van der Waals surface area contributed by atoms with Crippen molar-refractivity contribution in [2.45, 2.75) is 25.9 Å². The highest BCUT2D eigenvalue weighted by Gasteiger charge is 2.20. The summed E-state index contributed by atoms with van der Waals surface area (Å²) in [6.07, 6.45) is 0.462. The molecule has 2 N–H and O–H groups in total. The lowest BCUT2D eigenvalue weighted by Crippen LogP contribution is -2.34. The van der Waals surface area contributed by atoms with Crippen molar-refractivity contribution in [2.24, 2.45) is 0 Å². The molecule has 0 amide bonds. The van der Waals surface area contributed by atoms with Gasteiger partial charge in [0.25, 0.3) is 5.69 Å². The molecule has 0 saturated heterocycles. The van der Waals surface area contributed by atoms with Crippen molar-refractivity contribution >= 4 is 11.4 Å². The maximum Gasteiger partial charge on any atom is 0.275 e. The van der Waals surface area contributed by atoms with E-state index >= 15 is 0 Å². The third-order valence-electron chi connectivity index (χ3n) is 2.93. The fraction of sp³-hybridized carbons (Fsp3) is 0.571. The third kappa shape index (κ3) is 5.97. The SMILES string of the molecule is CCOc1cc(NCC(C)(O)CCOC)cc([N+](=O)[O-])c1. The molecule has 0 saturated carbocycles. The van der Waals surface area contributed by atoms with E-state index in [-0.39, 0.29) is 12.2 Å². The molecular weight excluding hydrogens is 276 g/mol. The standard InChI is InChI=1S/C14H22N2O5/c1-4-21-13-8-11(7-12(9-13)16(18)19)15-10-14(2,17)5-6-20-3/h7-9,15,17H,4-6,10H2,1-3H3. The van der Waals surface area contributed by atoms with Gasteiger partial charge in [0.15, 0.2) is 0 Å². The van der Waals surface area contributed by atoms with Gasteiger partial charge in [0.2, 0.25) is 0 Å². The van der Waals surface area contributed by atoms with Crippen molar-refractivity contribution < 1.29 is 19.5 Å². The van der Waals surface area contributed by atoms with Crippen LogP contribution in [0.1, 0.15) is 20.3 Å². The molecule has 1 atom stereocenters. The number of hydrogen-bond acceptors (Lipinski definition) is 6. The lowest BCUT2D eigenvalue weighted by molar-refractivity contribution is -0.384. The number of methoxy groups -OCH3 is 1. The second-order valence-corrected chi connectivity index (χ2v) is 5.00. The predicted molar refractivity (Wildman–Crippen MR) is 79.9 cm³/mol. The molecular formula is C14H22N2O5. The quantitative estimate of drug-likeness (QED) is 0.536. The summed E-state index contributed by atoms with van der Waals surface area (Å²) in [7, 11) is 1.57. The van der Waals surface area contributed by atoms with Gasteiger partial charge in [-0.2, -0.15) is 0 Å². The average molecular weight is 298 g/mol. The molecule has 0 bridgehead atoms. The lowest BCUT2D eigenvalue weighted by atomic mass is 10.0. The number of hydrogen-bond donors (Lipinski definition) is 2. The summed E-state index contributed by atoms with van der Waals surface area (Å²) in [5, 5.41) is 24.1. The minimum absolute atomic E-state index is 0.0556. The number of rotatable bonds is 9. The number of nitrogens with zero attached hydrogens (tertiary/aromatic N) is 1. The molecule has 1 unspecified atom stereocenters. The van der Waals surface area contributed by atoms with Gasteiger partial charge in [0.1, 0.15) is 5.75 Å². The number of benzene rings is 1. The zero-order chi connectivity index (χ0) is 15.9.